The number of ether oxygens (including phenoxy) is 2. The Morgan fingerprint density at radius 1 is 1.13 bits per heavy atom. The molecule has 5 nitrogen and oxygen atoms in total. The molecule has 1 N–H and O–H groups in total. The predicted octanol–water partition coefficient (Wildman–Crippen LogP) is 3.25. The summed E-state index contributed by atoms with van der Waals surface area (Å²) in [7, 11) is 0. The average Bonchev–Trinajstić information content (AvgIpc) is 3.00. The summed E-state index contributed by atoms with van der Waals surface area (Å²) in [6.45, 7) is 10.5. The fourth-order valence-corrected chi connectivity index (χ4v) is 3.06. The lowest BCUT2D eigenvalue weighted by Gasteiger charge is -2.25. The Hall–Kier alpha value is -2.01. The van der Waals surface area contributed by atoms with E-state index in [9.17, 15) is 0 Å². The van der Waals surface area contributed by atoms with Gasteiger partial charge in [0.05, 0.1) is 18.9 Å². The number of hydrogen-bond acceptors (Lipinski definition) is 4. The highest BCUT2D eigenvalue weighted by molar-refractivity contribution is 5.68. The Labute approximate surface area is 137 Å². The first-order valence-electron chi connectivity index (χ1n) is 8.45. The molecule has 5 heteroatoms. The quantitative estimate of drug-likeness (QED) is 0.889. The third kappa shape index (κ3) is 3.20. The van der Waals surface area contributed by atoms with Crippen LogP contribution in [0, 0.1) is 0 Å². The first-order chi connectivity index (χ1) is 11.3. The molecule has 0 unspecified atom stereocenters. The van der Waals surface area contributed by atoms with Gasteiger partial charge in [-0.25, -0.2) is 0 Å². The molecule has 3 rings (SSSR count). The number of rotatable bonds is 6. The fraction of sp³-hybridized carbons (Fsp3) is 0.500. The van der Waals surface area contributed by atoms with E-state index < -0.39 is 0 Å². The van der Waals surface area contributed by atoms with Gasteiger partial charge in [-0.15, -0.1) is 0 Å². The van der Waals surface area contributed by atoms with Gasteiger partial charge in [0.1, 0.15) is 0 Å². The Kier molecular flexibility index (Phi) is 4.86. The predicted molar refractivity (Wildman–Crippen MR) is 91.0 cm³/mol. The van der Waals surface area contributed by atoms with Crippen molar-refractivity contribution in [2.75, 3.05) is 26.3 Å². The standard InChI is InChI=1S/C18H25N3O2/c1-4-21-10-9-15-14(12-21)18(20-19-15)13-7-8-16(22-5-2)17(11-13)23-6-3/h7-8,11H,4-6,9-10,12H2,1-3H3,(H,19,20). The zero-order valence-corrected chi connectivity index (χ0v) is 14.2. The molecule has 1 aromatic heterocycles. The normalized spacial score (nSPS) is 14.6. The minimum absolute atomic E-state index is 0.617. The van der Waals surface area contributed by atoms with E-state index in [1.807, 2.05) is 26.0 Å². The third-order valence-corrected chi connectivity index (χ3v) is 4.28. The third-order valence-electron chi connectivity index (χ3n) is 4.28. The van der Waals surface area contributed by atoms with E-state index in [1.165, 1.54) is 11.3 Å². The van der Waals surface area contributed by atoms with E-state index in [2.05, 4.69) is 28.1 Å². The molecular formula is C18H25N3O2. The summed E-state index contributed by atoms with van der Waals surface area (Å²) in [5.74, 6) is 1.57. The van der Waals surface area contributed by atoms with E-state index in [0.29, 0.717) is 13.2 Å². The molecular weight excluding hydrogens is 290 g/mol. The fourth-order valence-electron chi connectivity index (χ4n) is 3.06. The van der Waals surface area contributed by atoms with Crippen LogP contribution in [0.1, 0.15) is 32.0 Å². The zero-order valence-electron chi connectivity index (χ0n) is 14.2. The number of nitrogens with zero attached hydrogens (tertiary/aromatic N) is 2. The number of aromatic amines is 1. The number of H-pyrrole nitrogens is 1. The molecule has 2 aromatic rings. The summed E-state index contributed by atoms with van der Waals surface area (Å²) >= 11 is 0. The van der Waals surface area contributed by atoms with Gasteiger partial charge in [0, 0.05) is 36.3 Å². The van der Waals surface area contributed by atoms with Crippen LogP contribution in [0.2, 0.25) is 0 Å². The lowest BCUT2D eigenvalue weighted by Crippen LogP contribution is -2.30. The highest BCUT2D eigenvalue weighted by atomic mass is 16.5. The second kappa shape index (κ2) is 7.04. The molecule has 0 atom stereocenters. The van der Waals surface area contributed by atoms with Crippen LogP contribution in [0.3, 0.4) is 0 Å². The minimum atomic E-state index is 0.617. The summed E-state index contributed by atoms with van der Waals surface area (Å²) in [5, 5.41) is 7.78. The van der Waals surface area contributed by atoms with Crippen LogP contribution in [0.5, 0.6) is 11.5 Å². The van der Waals surface area contributed by atoms with Gasteiger partial charge in [-0.3, -0.25) is 10.00 Å². The van der Waals surface area contributed by atoms with Crippen molar-refractivity contribution in [2.24, 2.45) is 0 Å². The van der Waals surface area contributed by atoms with Crippen molar-refractivity contribution in [1.82, 2.24) is 15.1 Å². The van der Waals surface area contributed by atoms with Crippen molar-refractivity contribution in [3.8, 4) is 22.8 Å². The average molecular weight is 315 g/mol. The number of hydrogen-bond donors (Lipinski definition) is 1. The number of benzene rings is 1. The lowest BCUT2D eigenvalue weighted by molar-refractivity contribution is 0.267. The first-order valence-corrected chi connectivity index (χ1v) is 8.45. The number of fused-ring (bicyclic) bond motifs is 1. The molecule has 0 saturated heterocycles. The minimum Gasteiger partial charge on any atom is -0.490 e. The first kappa shape index (κ1) is 15.9. The monoisotopic (exact) mass is 315 g/mol. The number of likely N-dealkylation sites (N-methyl/N-ethyl adjacent to an activating group) is 1. The van der Waals surface area contributed by atoms with Crippen LogP contribution >= 0.6 is 0 Å². The van der Waals surface area contributed by atoms with E-state index in [1.54, 1.807) is 0 Å². The van der Waals surface area contributed by atoms with E-state index in [-0.39, 0.29) is 0 Å². The molecule has 0 bridgehead atoms. The van der Waals surface area contributed by atoms with Crippen LogP contribution in [0.25, 0.3) is 11.3 Å². The molecule has 0 amide bonds. The molecule has 2 heterocycles. The van der Waals surface area contributed by atoms with Crippen molar-refractivity contribution in [3.05, 3.63) is 29.5 Å². The zero-order chi connectivity index (χ0) is 16.2. The van der Waals surface area contributed by atoms with Gasteiger partial charge in [0.15, 0.2) is 11.5 Å². The number of aromatic nitrogens is 2. The lowest BCUT2D eigenvalue weighted by atomic mass is 10.0. The SMILES string of the molecule is CCOc1ccc(-c2n[nH]c3c2CN(CC)CC3)cc1OCC. The Balaban J connectivity index is 1.96. The van der Waals surface area contributed by atoms with Gasteiger partial charge in [-0.05, 0) is 38.6 Å². The highest BCUT2D eigenvalue weighted by Crippen LogP contribution is 2.35. The van der Waals surface area contributed by atoms with Gasteiger partial charge in [-0.2, -0.15) is 5.10 Å². The van der Waals surface area contributed by atoms with Gasteiger partial charge >= 0.3 is 0 Å². The molecule has 124 valence electrons. The summed E-state index contributed by atoms with van der Waals surface area (Å²) < 4.78 is 11.4. The molecule has 23 heavy (non-hydrogen) atoms. The maximum atomic E-state index is 5.74. The largest absolute Gasteiger partial charge is 0.490 e. The van der Waals surface area contributed by atoms with Crippen molar-refractivity contribution in [1.29, 1.82) is 0 Å². The van der Waals surface area contributed by atoms with Gasteiger partial charge < -0.3 is 9.47 Å². The van der Waals surface area contributed by atoms with Gasteiger partial charge in [0.2, 0.25) is 0 Å². The maximum Gasteiger partial charge on any atom is 0.161 e. The maximum absolute atomic E-state index is 5.74. The van der Waals surface area contributed by atoms with Crippen LogP contribution in [-0.2, 0) is 13.0 Å². The Morgan fingerprint density at radius 2 is 1.91 bits per heavy atom. The molecule has 0 radical (unpaired) electrons. The van der Waals surface area contributed by atoms with Crippen molar-refractivity contribution in [3.63, 3.8) is 0 Å². The molecule has 0 aliphatic carbocycles. The van der Waals surface area contributed by atoms with Crippen molar-refractivity contribution < 1.29 is 9.47 Å². The Bertz CT molecular complexity index is 666. The van der Waals surface area contributed by atoms with E-state index in [0.717, 1.165) is 48.8 Å². The molecule has 1 aliphatic heterocycles. The van der Waals surface area contributed by atoms with Gasteiger partial charge in [0.25, 0.3) is 0 Å². The smallest absolute Gasteiger partial charge is 0.161 e. The highest BCUT2D eigenvalue weighted by Gasteiger charge is 2.22. The molecule has 1 aliphatic rings. The second-order valence-electron chi connectivity index (χ2n) is 5.68. The van der Waals surface area contributed by atoms with Crippen LogP contribution < -0.4 is 9.47 Å². The van der Waals surface area contributed by atoms with E-state index >= 15 is 0 Å². The van der Waals surface area contributed by atoms with Crippen LogP contribution in [0.15, 0.2) is 18.2 Å². The summed E-state index contributed by atoms with van der Waals surface area (Å²) in [6.07, 6.45) is 1.03. The molecule has 0 saturated carbocycles. The van der Waals surface area contributed by atoms with Crippen LogP contribution in [0.4, 0.5) is 0 Å². The molecule has 0 fully saturated rings. The summed E-state index contributed by atoms with van der Waals surface area (Å²) in [6, 6.07) is 6.08. The van der Waals surface area contributed by atoms with Crippen molar-refractivity contribution in [2.45, 2.75) is 33.7 Å². The topological polar surface area (TPSA) is 50.4 Å². The second-order valence-corrected chi connectivity index (χ2v) is 5.68. The summed E-state index contributed by atoms with van der Waals surface area (Å²) in [4.78, 5) is 2.44. The van der Waals surface area contributed by atoms with Gasteiger partial charge in [-0.1, -0.05) is 6.92 Å². The molecule has 0 spiro atoms. The Morgan fingerprint density at radius 3 is 2.65 bits per heavy atom. The number of nitrogens with one attached hydrogen (secondary N) is 1. The van der Waals surface area contributed by atoms with E-state index in [4.69, 9.17) is 9.47 Å². The van der Waals surface area contributed by atoms with Crippen molar-refractivity contribution >= 4 is 0 Å². The molecule has 1 aromatic carbocycles. The van der Waals surface area contributed by atoms with Crippen LogP contribution in [-0.4, -0.2) is 41.4 Å². The summed E-state index contributed by atoms with van der Waals surface area (Å²) in [5.41, 5.74) is 4.68.